The first-order valence-electron chi connectivity index (χ1n) is 6.21. The number of halogens is 1. The van der Waals surface area contributed by atoms with E-state index in [0.29, 0.717) is 18.0 Å². The normalized spacial score (nSPS) is 41.0. The van der Waals surface area contributed by atoms with Crippen molar-refractivity contribution in [2.45, 2.75) is 59.2 Å². The van der Waals surface area contributed by atoms with Crippen LogP contribution in [-0.4, -0.2) is 29.7 Å². The first kappa shape index (κ1) is 11.4. The highest BCUT2D eigenvalue weighted by Crippen LogP contribution is 2.58. The highest BCUT2D eigenvalue weighted by atomic mass is 19.1. The summed E-state index contributed by atoms with van der Waals surface area (Å²) in [6.07, 6.45) is 1.26. The summed E-state index contributed by atoms with van der Waals surface area (Å²) in [6.45, 7) is 11.1. The number of rotatable bonds is 2. The number of fused-ring (bicyclic) bond motifs is 1. The lowest BCUT2D eigenvalue weighted by atomic mass is 9.83. The third kappa shape index (κ3) is 1.71. The molecule has 1 aliphatic carbocycles. The fourth-order valence-electron chi connectivity index (χ4n) is 3.68. The molecule has 1 aliphatic heterocycles. The lowest BCUT2D eigenvalue weighted by molar-refractivity contribution is 0.0417. The Labute approximate surface area is 93.0 Å². The maximum Gasteiger partial charge on any atom is 0.105 e. The summed E-state index contributed by atoms with van der Waals surface area (Å²) in [5, 5.41) is 0. The van der Waals surface area contributed by atoms with E-state index < -0.39 is 0 Å². The van der Waals surface area contributed by atoms with Crippen LogP contribution in [0.3, 0.4) is 0 Å². The van der Waals surface area contributed by atoms with Gasteiger partial charge >= 0.3 is 0 Å². The molecular formula is C13H24FN. The Morgan fingerprint density at radius 1 is 1.27 bits per heavy atom. The van der Waals surface area contributed by atoms with E-state index in [4.69, 9.17) is 0 Å². The van der Waals surface area contributed by atoms with E-state index in [1.807, 2.05) is 0 Å². The molecule has 88 valence electrons. The number of piperidine rings is 1. The van der Waals surface area contributed by atoms with Gasteiger partial charge in [0.25, 0.3) is 0 Å². The van der Waals surface area contributed by atoms with Crippen LogP contribution in [0.5, 0.6) is 0 Å². The molecule has 2 fully saturated rings. The highest BCUT2D eigenvalue weighted by Gasteiger charge is 2.61. The van der Waals surface area contributed by atoms with Gasteiger partial charge in [-0.3, -0.25) is 4.90 Å². The van der Waals surface area contributed by atoms with E-state index in [2.05, 4.69) is 39.5 Å². The Morgan fingerprint density at radius 2 is 1.87 bits per heavy atom. The van der Waals surface area contributed by atoms with E-state index >= 15 is 0 Å². The largest absolute Gasteiger partial charge is 0.291 e. The van der Waals surface area contributed by atoms with Crippen LogP contribution < -0.4 is 0 Å². The second-order valence-electron chi connectivity index (χ2n) is 6.64. The monoisotopic (exact) mass is 213 g/mol. The molecule has 0 aromatic heterocycles. The van der Waals surface area contributed by atoms with E-state index in [1.165, 1.54) is 6.42 Å². The molecule has 0 N–H and O–H groups in total. The average molecular weight is 213 g/mol. The minimum absolute atomic E-state index is 0.161. The van der Waals surface area contributed by atoms with Crippen LogP contribution in [0.1, 0.15) is 41.0 Å². The molecule has 0 aromatic carbocycles. The van der Waals surface area contributed by atoms with Crippen LogP contribution in [0, 0.1) is 17.3 Å². The maximum absolute atomic E-state index is 13.1. The smallest absolute Gasteiger partial charge is 0.105 e. The maximum atomic E-state index is 13.1. The molecule has 0 amide bonds. The fourth-order valence-corrected chi connectivity index (χ4v) is 3.68. The van der Waals surface area contributed by atoms with Gasteiger partial charge in [-0.25, -0.2) is 4.39 Å². The number of likely N-dealkylation sites (tertiary alicyclic amines) is 1. The molecule has 1 unspecified atom stereocenters. The van der Waals surface area contributed by atoms with Gasteiger partial charge in [-0.15, -0.1) is 0 Å². The quantitative estimate of drug-likeness (QED) is 0.681. The van der Waals surface area contributed by atoms with Crippen molar-refractivity contribution in [1.29, 1.82) is 0 Å². The molecule has 1 heterocycles. The first-order chi connectivity index (χ1) is 6.88. The van der Waals surface area contributed by atoms with Gasteiger partial charge in [-0.2, -0.15) is 0 Å². The Hall–Kier alpha value is -0.110. The standard InChI is InChI=1S/C13H24FN/c1-8(2)15-11(7-14)9-6-10(9)12(15)13(3,4)5/h8-12H,6-7H2,1-5H3/t9-,10+,11+,12?/m0/s1. The molecule has 4 atom stereocenters. The van der Waals surface area contributed by atoms with Crippen LogP contribution in [0.25, 0.3) is 0 Å². The minimum atomic E-state index is -0.161. The van der Waals surface area contributed by atoms with Crippen molar-refractivity contribution in [3.63, 3.8) is 0 Å². The van der Waals surface area contributed by atoms with Crippen LogP contribution in [0.4, 0.5) is 4.39 Å². The molecular weight excluding hydrogens is 189 g/mol. The molecule has 2 rings (SSSR count). The zero-order valence-corrected chi connectivity index (χ0v) is 10.6. The summed E-state index contributed by atoms with van der Waals surface area (Å²) < 4.78 is 13.1. The molecule has 2 aliphatic rings. The predicted octanol–water partition coefficient (Wildman–Crippen LogP) is 3.10. The number of nitrogens with zero attached hydrogens (tertiary/aromatic N) is 1. The van der Waals surface area contributed by atoms with Crippen LogP contribution in [0.15, 0.2) is 0 Å². The number of alkyl halides is 1. The molecule has 1 nitrogen and oxygen atoms in total. The van der Waals surface area contributed by atoms with Gasteiger partial charge in [-0.1, -0.05) is 20.8 Å². The zero-order valence-electron chi connectivity index (χ0n) is 10.6. The fraction of sp³-hybridized carbons (Fsp3) is 1.00. The lowest BCUT2D eigenvalue weighted by Gasteiger charge is -2.42. The second-order valence-corrected chi connectivity index (χ2v) is 6.64. The van der Waals surface area contributed by atoms with Crippen molar-refractivity contribution in [3.05, 3.63) is 0 Å². The molecule has 1 saturated carbocycles. The minimum Gasteiger partial charge on any atom is -0.291 e. The second kappa shape index (κ2) is 3.44. The van der Waals surface area contributed by atoms with Crippen LogP contribution >= 0.6 is 0 Å². The molecule has 1 saturated heterocycles. The van der Waals surface area contributed by atoms with Crippen LogP contribution in [0.2, 0.25) is 0 Å². The third-order valence-corrected chi connectivity index (χ3v) is 4.14. The molecule has 0 spiro atoms. The number of hydrogen-bond acceptors (Lipinski definition) is 1. The van der Waals surface area contributed by atoms with Crippen LogP contribution in [-0.2, 0) is 0 Å². The Kier molecular flexibility index (Phi) is 2.61. The van der Waals surface area contributed by atoms with Gasteiger partial charge in [-0.05, 0) is 37.5 Å². The summed E-state index contributed by atoms with van der Waals surface area (Å²) >= 11 is 0. The van der Waals surface area contributed by atoms with Gasteiger partial charge in [0.2, 0.25) is 0 Å². The van der Waals surface area contributed by atoms with E-state index in [-0.39, 0.29) is 18.1 Å². The van der Waals surface area contributed by atoms with Gasteiger partial charge in [0, 0.05) is 18.1 Å². The van der Waals surface area contributed by atoms with Gasteiger partial charge in [0.05, 0.1) is 0 Å². The molecule has 2 heteroatoms. The van der Waals surface area contributed by atoms with Crippen molar-refractivity contribution in [2.75, 3.05) is 6.67 Å². The van der Waals surface area contributed by atoms with E-state index in [0.717, 1.165) is 5.92 Å². The summed E-state index contributed by atoms with van der Waals surface area (Å²) in [5.74, 6) is 1.43. The molecule has 15 heavy (non-hydrogen) atoms. The lowest BCUT2D eigenvalue weighted by Crippen LogP contribution is -2.50. The number of hydrogen-bond donors (Lipinski definition) is 0. The third-order valence-electron chi connectivity index (χ3n) is 4.14. The zero-order chi connectivity index (χ0) is 11.4. The Morgan fingerprint density at radius 3 is 2.27 bits per heavy atom. The van der Waals surface area contributed by atoms with E-state index in [1.54, 1.807) is 0 Å². The molecule has 0 aromatic rings. The topological polar surface area (TPSA) is 3.24 Å². The summed E-state index contributed by atoms with van der Waals surface area (Å²) in [6, 6.07) is 1.27. The summed E-state index contributed by atoms with van der Waals surface area (Å²) in [5.41, 5.74) is 0.285. The van der Waals surface area contributed by atoms with Gasteiger partial charge < -0.3 is 0 Å². The van der Waals surface area contributed by atoms with Crippen molar-refractivity contribution in [3.8, 4) is 0 Å². The average Bonchev–Trinajstić information content (AvgIpc) is 2.76. The summed E-state index contributed by atoms with van der Waals surface area (Å²) in [4.78, 5) is 2.44. The van der Waals surface area contributed by atoms with Crippen molar-refractivity contribution >= 4 is 0 Å². The Balaban J connectivity index is 2.23. The van der Waals surface area contributed by atoms with Crippen molar-refractivity contribution < 1.29 is 4.39 Å². The SMILES string of the molecule is CC(C)N1C(C(C)(C)C)[C@@H]2C[C@@H]2[C@H]1CF. The first-order valence-corrected chi connectivity index (χ1v) is 6.21. The Bertz CT molecular complexity index is 243. The van der Waals surface area contributed by atoms with Gasteiger partial charge in [0.15, 0.2) is 0 Å². The van der Waals surface area contributed by atoms with Gasteiger partial charge in [0.1, 0.15) is 6.67 Å². The molecule has 0 bridgehead atoms. The molecule has 0 radical (unpaired) electrons. The predicted molar refractivity (Wildman–Crippen MR) is 61.6 cm³/mol. The van der Waals surface area contributed by atoms with Crippen molar-refractivity contribution in [1.82, 2.24) is 4.90 Å². The van der Waals surface area contributed by atoms with E-state index in [9.17, 15) is 4.39 Å². The highest BCUT2D eigenvalue weighted by molar-refractivity contribution is 5.13. The van der Waals surface area contributed by atoms with Crippen molar-refractivity contribution in [2.24, 2.45) is 17.3 Å². The summed E-state index contributed by atoms with van der Waals surface area (Å²) in [7, 11) is 0.